The second kappa shape index (κ2) is 12.3. The van der Waals surface area contributed by atoms with Crippen LogP contribution in [-0.4, -0.2) is 43.0 Å². The van der Waals surface area contributed by atoms with E-state index in [0.717, 1.165) is 16.3 Å². The van der Waals surface area contributed by atoms with Gasteiger partial charge >= 0.3 is 5.91 Å². The minimum absolute atomic E-state index is 0.0696. The lowest BCUT2D eigenvalue weighted by molar-refractivity contribution is -0.132. The van der Waals surface area contributed by atoms with Crippen molar-refractivity contribution < 1.29 is 19.4 Å². The molecule has 1 saturated heterocycles. The van der Waals surface area contributed by atoms with Gasteiger partial charge in [0.05, 0.1) is 17.3 Å². The Labute approximate surface area is 272 Å². The third-order valence-electron chi connectivity index (χ3n) is 7.75. The molecule has 3 aromatic heterocycles. The van der Waals surface area contributed by atoms with E-state index in [9.17, 15) is 14.7 Å². The summed E-state index contributed by atoms with van der Waals surface area (Å²) in [6, 6.07) is 25.9. The number of aryl methyl sites for hydroxylation is 1. The molecule has 1 amide bonds. The van der Waals surface area contributed by atoms with Gasteiger partial charge < -0.3 is 9.84 Å². The molecular weight excluding hydrogens is 619 g/mol. The fourth-order valence-electron chi connectivity index (χ4n) is 5.72. The smallest absolute Gasteiger partial charge is 0.301 e. The minimum Gasteiger partial charge on any atom is -0.505 e. The highest BCUT2D eigenvalue weighted by Crippen LogP contribution is 2.45. The molecule has 3 aromatic carbocycles. The zero-order chi connectivity index (χ0) is 31.8. The fourth-order valence-corrected chi connectivity index (χ4v) is 7.59. The van der Waals surface area contributed by atoms with E-state index in [2.05, 4.69) is 46.0 Å². The zero-order valence-corrected chi connectivity index (χ0v) is 26.3. The van der Waals surface area contributed by atoms with Crippen molar-refractivity contribution in [1.29, 1.82) is 0 Å². The highest BCUT2D eigenvalue weighted by atomic mass is 32.2. The molecule has 9 nitrogen and oxygen atoms in total. The number of hydrogen-bond donors (Lipinski definition) is 1. The van der Waals surface area contributed by atoms with Gasteiger partial charge in [0.2, 0.25) is 5.13 Å². The third-order valence-corrected chi connectivity index (χ3v) is 9.85. The number of aromatic nitrogens is 4. The van der Waals surface area contributed by atoms with E-state index in [1.807, 2.05) is 24.3 Å². The molecule has 0 radical (unpaired) electrons. The van der Waals surface area contributed by atoms with Crippen LogP contribution in [0.15, 0.2) is 114 Å². The molecule has 0 bridgehead atoms. The number of carbonyl (C=O) groups is 2. The summed E-state index contributed by atoms with van der Waals surface area (Å²) in [5, 5.41) is 23.1. The number of amides is 1. The van der Waals surface area contributed by atoms with Crippen LogP contribution in [0, 0.1) is 6.92 Å². The van der Waals surface area contributed by atoms with Gasteiger partial charge in [-0.15, -0.1) is 10.2 Å². The Kier molecular flexibility index (Phi) is 7.85. The standard InChI is InChI=1S/C35H27N5O4S2/c1-3-18-44-25-14-9-12-23(19-25)30-28(31(41)29-21(2)36-27-16-6-7-17-39(27)29)32(42)33(43)40(30)34-37-38-35(46-34)45-20-24-13-8-11-22-10-4-5-15-26(22)24/h3-17,19,30,41H,1,18,20H2,2H3. The Morgan fingerprint density at radius 3 is 2.72 bits per heavy atom. The molecule has 4 heterocycles. The van der Waals surface area contributed by atoms with Gasteiger partial charge in [0, 0.05) is 11.9 Å². The second-order valence-electron chi connectivity index (χ2n) is 10.6. The normalized spacial score (nSPS) is 16.0. The van der Waals surface area contributed by atoms with Gasteiger partial charge in [-0.05, 0) is 53.1 Å². The number of nitrogens with zero attached hydrogens (tertiary/aromatic N) is 5. The summed E-state index contributed by atoms with van der Waals surface area (Å²) in [6.45, 7) is 5.74. The fraction of sp³-hybridized carbons (Fsp3) is 0.114. The Bertz CT molecular complexity index is 2180. The zero-order valence-electron chi connectivity index (χ0n) is 24.7. The lowest BCUT2D eigenvalue weighted by Gasteiger charge is -2.23. The molecule has 1 fully saturated rings. The SMILES string of the molecule is C=CCOc1cccc(C2C(=C(O)c3c(C)nc4ccccn34)C(=O)C(=O)N2c2nnc(SCc3cccc4ccccc34)s2)c1. The topological polar surface area (TPSA) is 110 Å². The highest BCUT2D eigenvalue weighted by molar-refractivity contribution is 8.00. The minimum atomic E-state index is -0.996. The quantitative estimate of drug-likeness (QED) is 0.0442. The van der Waals surface area contributed by atoms with Crippen LogP contribution < -0.4 is 9.64 Å². The molecule has 7 rings (SSSR count). The molecule has 0 spiro atoms. The van der Waals surface area contributed by atoms with Crippen molar-refractivity contribution in [2.75, 3.05) is 11.5 Å². The van der Waals surface area contributed by atoms with Gasteiger partial charge in [0.25, 0.3) is 5.78 Å². The van der Waals surface area contributed by atoms with Crippen molar-refractivity contribution >= 4 is 62.1 Å². The van der Waals surface area contributed by atoms with Gasteiger partial charge in [0.15, 0.2) is 10.1 Å². The summed E-state index contributed by atoms with van der Waals surface area (Å²) in [7, 11) is 0. The van der Waals surface area contributed by atoms with Crippen LogP contribution >= 0.6 is 23.1 Å². The number of Topliss-reactive ketones (excluding diaryl/α,β-unsaturated/α-hetero) is 1. The largest absolute Gasteiger partial charge is 0.505 e. The van der Waals surface area contributed by atoms with E-state index in [0.29, 0.717) is 38.4 Å². The number of ether oxygens (including phenoxy) is 1. The second-order valence-corrected chi connectivity index (χ2v) is 12.8. The summed E-state index contributed by atoms with van der Waals surface area (Å²) in [5.74, 6) is -0.788. The molecule has 1 aliphatic heterocycles. The van der Waals surface area contributed by atoms with Crippen LogP contribution in [0.4, 0.5) is 5.13 Å². The molecule has 1 N–H and O–H groups in total. The number of fused-ring (bicyclic) bond motifs is 2. The Hall–Kier alpha value is -5.26. The summed E-state index contributed by atoms with van der Waals surface area (Å²) in [4.78, 5) is 33.5. The predicted octanol–water partition coefficient (Wildman–Crippen LogP) is 7.13. The Morgan fingerprint density at radius 2 is 1.85 bits per heavy atom. The van der Waals surface area contributed by atoms with Crippen LogP contribution in [0.25, 0.3) is 22.2 Å². The van der Waals surface area contributed by atoms with E-state index in [1.165, 1.54) is 28.0 Å². The maximum Gasteiger partial charge on any atom is 0.301 e. The first-order valence-corrected chi connectivity index (χ1v) is 16.3. The van der Waals surface area contributed by atoms with Crippen LogP contribution in [0.5, 0.6) is 5.75 Å². The van der Waals surface area contributed by atoms with E-state index in [4.69, 9.17) is 4.74 Å². The Balaban J connectivity index is 1.30. The summed E-state index contributed by atoms with van der Waals surface area (Å²) < 4.78 is 8.12. The van der Waals surface area contributed by atoms with Gasteiger partial charge in [-0.3, -0.25) is 18.9 Å². The van der Waals surface area contributed by atoms with E-state index in [-0.39, 0.29) is 23.1 Å². The van der Waals surface area contributed by atoms with Crippen LogP contribution in [-0.2, 0) is 15.3 Å². The van der Waals surface area contributed by atoms with Crippen molar-refractivity contribution in [1.82, 2.24) is 19.6 Å². The first kappa shape index (κ1) is 29.5. The molecule has 46 heavy (non-hydrogen) atoms. The summed E-state index contributed by atoms with van der Waals surface area (Å²) >= 11 is 2.73. The molecule has 0 saturated carbocycles. The number of aliphatic hydroxyl groups is 1. The number of imidazole rings is 1. The molecule has 6 aromatic rings. The summed E-state index contributed by atoms with van der Waals surface area (Å²) in [6.07, 6.45) is 3.38. The van der Waals surface area contributed by atoms with E-state index < -0.39 is 17.7 Å². The van der Waals surface area contributed by atoms with Crippen molar-refractivity contribution in [2.45, 2.75) is 23.1 Å². The van der Waals surface area contributed by atoms with Crippen molar-refractivity contribution in [3.05, 3.63) is 132 Å². The molecule has 1 aliphatic rings. The van der Waals surface area contributed by atoms with Crippen LogP contribution in [0.3, 0.4) is 0 Å². The number of pyridine rings is 1. The molecule has 11 heteroatoms. The van der Waals surface area contributed by atoms with Gasteiger partial charge in [-0.2, -0.15) is 0 Å². The van der Waals surface area contributed by atoms with Crippen LogP contribution in [0.2, 0.25) is 0 Å². The van der Waals surface area contributed by atoms with Crippen molar-refractivity contribution in [3.8, 4) is 5.75 Å². The van der Waals surface area contributed by atoms with Gasteiger partial charge in [0.1, 0.15) is 23.7 Å². The highest BCUT2D eigenvalue weighted by Gasteiger charge is 2.49. The third kappa shape index (κ3) is 5.23. The number of anilines is 1. The lowest BCUT2D eigenvalue weighted by atomic mass is 9.96. The molecule has 1 unspecified atom stereocenters. The number of benzene rings is 3. The lowest BCUT2D eigenvalue weighted by Crippen LogP contribution is -2.29. The number of hydrogen-bond acceptors (Lipinski definition) is 9. The number of carbonyl (C=O) groups excluding carboxylic acids is 2. The maximum absolute atomic E-state index is 13.8. The molecular formula is C35H27N5O4S2. The molecule has 0 aliphatic carbocycles. The number of ketones is 1. The first-order valence-electron chi connectivity index (χ1n) is 14.5. The van der Waals surface area contributed by atoms with Crippen molar-refractivity contribution in [3.63, 3.8) is 0 Å². The average Bonchev–Trinajstić information content (AvgIpc) is 3.76. The number of thioether (sulfide) groups is 1. The summed E-state index contributed by atoms with van der Waals surface area (Å²) in [5.41, 5.74) is 3.10. The molecule has 228 valence electrons. The average molecular weight is 646 g/mol. The maximum atomic E-state index is 13.8. The van der Waals surface area contributed by atoms with E-state index >= 15 is 0 Å². The number of rotatable bonds is 9. The van der Waals surface area contributed by atoms with Gasteiger partial charge in [-0.1, -0.05) is 96.4 Å². The predicted molar refractivity (Wildman–Crippen MR) is 180 cm³/mol. The Morgan fingerprint density at radius 1 is 1.04 bits per heavy atom. The van der Waals surface area contributed by atoms with Crippen LogP contribution in [0.1, 0.15) is 28.6 Å². The van der Waals surface area contributed by atoms with Gasteiger partial charge in [-0.25, -0.2) is 4.98 Å². The molecule has 1 atom stereocenters. The van der Waals surface area contributed by atoms with Crippen molar-refractivity contribution in [2.24, 2.45) is 0 Å². The first-order chi connectivity index (χ1) is 22.4. The van der Waals surface area contributed by atoms with E-state index in [1.54, 1.807) is 60.0 Å². The monoisotopic (exact) mass is 645 g/mol. The number of aliphatic hydroxyl groups excluding tert-OH is 1.